The second-order valence-corrected chi connectivity index (χ2v) is 3.49. The summed E-state index contributed by atoms with van der Waals surface area (Å²) in [5, 5.41) is 2.78. The van der Waals surface area contributed by atoms with Gasteiger partial charge in [-0.15, -0.1) is 0 Å². The van der Waals surface area contributed by atoms with Gasteiger partial charge >= 0.3 is 6.18 Å². The third-order valence-corrected chi connectivity index (χ3v) is 2.19. The van der Waals surface area contributed by atoms with Crippen molar-refractivity contribution in [2.75, 3.05) is 11.9 Å². The van der Waals surface area contributed by atoms with Crippen LogP contribution in [0.4, 0.5) is 18.9 Å². The number of alkyl halides is 3. The van der Waals surface area contributed by atoms with E-state index in [4.69, 9.17) is 11.6 Å². The smallest absolute Gasteiger partial charge is 0.383 e. The summed E-state index contributed by atoms with van der Waals surface area (Å²) in [4.78, 5) is 0. The molecule has 1 aromatic rings. The van der Waals surface area contributed by atoms with E-state index in [9.17, 15) is 13.2 Å². The summed E-state index contributed by atoms with van der Waals surface area (Å²) < 4.78 is 37.7. The van der Waals surface area contributed by atoms with Crippen LogP contribution in [0.5, 0.6) is 0 Å². The highest BCUT2D eigenvalue weighted by molar-refractivity contribution is 6.33. The lowest BCUT2D eigenvalue weighted by molar-refractivity contribution is -0.136. The highest BCUT2D eigenvalue weighted by Crippen LogP contribution is 2.38. The first kappa shape index (κ1) is 12.2. The Morgan fingerprint density at radius 3 is 2.53 bits per heavy atom. The SMILES string of the molecule is CCCNc1c(Cl)cccc1C(F)(F)F. The number of benzene rings is 1. The quantitative estimate of drug-likeness (QED) is 0.832. The van der Waals surface area contributed by atoms with Gasteiger partial charge in [0.25, 0.3) is 0 Å². The lowest BCUT2D eigenvalue weighted by atomic mass is 10.1. The van der Waals surface area contributed by atoms with Crippen molar-refractivity contribution in [3.63, 3.8) is 0 Å². The molecule has 0 aliphatic rings. The van der Waals surface area contributed by atoms with Crippen LogP contribution in [0.25, 0.3) is 0 Å². The van der Waals surface area contributed by atoms with Gasteiger partial charge in [0.15, 0.2) is 0 Å². The molecule has 0 unspecified atom stereocenters. The third kappa shape index (κ3) is 3.02. The highest BCUT2D eigenvalue weighted by atomic mass is 35.5. The molecule has 0 fully saturated rings. The van der Waals surface area contributed by atoms with Crippen molar-refractivity contribution in [1.82, 2.24) is 0 Å². The van der Waals surface area contributed by atoms with E-state index in [0.717, 1.165) is 12.5 Å². The molecule has 0 saturated heterocycles. The topological polar surface area (TPSA) is 12.0 Å². The van der Waals surface area contributed by atoms with E-state index in [-0.39, 0.29) is 10.7 Å². The molecule has 0 heterocycles. The summed E-state index contributed by atoms with van der Waals surface area (Å²) in [6.45, 7) is 2.34. The number of hydrogen-bond acceptors (Lipinski definition) is 1. The zero-order valence-electron chi connectivity index (χ0n) is 8.16. The summed E-state index contributed by atoms with van der Waals surface area (Å²) in [6.07, 6.45) is -3.64. The van der Waals surface area contributed by atoms with Gasteiger partial charge in [-0.1, -0.05) is 24.6 Å². The molecule has 1 rings (SSSR count). The Bertz CT molecular complexity index is 336. The summed E-state index contributed by atoms with van der Waals surface area (Å²) in [5.41, 5.74) is -0.753. The first-order chi connectivity index (χ1) is 6.96. The molecule has 0 aromatic heterocycles. The van der Waals surface area contributed by atoms with Crippen LogP contribution in [-0.4, -0.2) is 6.54 Å². The van der Waals surface area contributed by atoms with Crippen LogP contribution in [0, 0.1) is 0 Å². The van der Waals surface area contributed by atoms with Crippen LogP contribution < -0.4 is 5.32 Å². The summed E-state index contributed by atoms with van der Waals surface area (Å²) in [5.74, 6) is 0. The molecule has 1 aromatic carbocycles. The maximum absolute atomic E-state index is 12.6. The summed E-state index contributed by atoms with van der Waals surface area (Å²) in [7, 11) is 0. The van der Waals surface area contributed by atoms with Gasteiger partial charge in [-0.3, -0.25) is 0 Å². The van der Waals surface area contributed by atoms with Crippen molar-refractivity contribution in [3.8, 4) is 0 Å². The number of halogens is 4. The number of hydrogen-bond donors (Lipinski definition) is 1. The maximum atomic E-state index is 12.6. The van der Waals surface area contributed by atoms with Crippen LogP contribution in [0.1, 0.15) is 18.9 Å². The van der Waals surface area contributed by atoms with E-state index < -0.39 is 11.7 Å². The summed E-state index contributed by atoms with van der Waals surface area (Å²) >= 11 is 5.71. The van der Waals surface area contributed by atoms with Gasteiger partial charge in [-0.2, -0.15) is 13.2 Å². The normalized spacial score (nSPS) is 11.5. The molecule has 5 heteroatoms. The fourth-order valence-electron chi connectivity index (χ4n) is 1.19. The van der Waals surface area contributed by atoms with Gasteiger partial charge in [0, 0.05) is 6.54 Å². The average molecular weight is 238 g/mol. The molecular formula is C10H11ClF3N. The molecule has 1 nitrogen and oxygen atoms in total. The number of nitrogens with one attached hydrogen (secondary N) is 1. The molecule has 84 valence electrons. The number of anilines is 1. The van der Waals surface area contributed by atoms with Crippen LogP contribution in [0.2, 0.25) is 5.02 Å². The average Bonchev–Trinajstić information content (AvgIpc) is 2.14. The Hall–Kier alpha value is -0.900. The molecule has 0 atom stereocenters. The minimum Gasteiger partial charge on any atom is -0.383 e. The summed E-state index contributed by atoms with van der Waals surface area (Å²) in [6, 6.07) is 3.75. The number of rotatable bonds is 3. The minimum absolute atomic E-state index is 0.0338. The fourth-order valence-corrected chi connectivity index (χ4v) is 1.43. The number of para-hydroxylation sites is 1. The molecule has 0 saturated carbocycles. The van der Waals surface area contributed by atoms with E-state index in [1.807, 2.05) is 6.92 Å². The van der Waals surface area contributed by atoms with Crippen molar-refractivity contribution in [3.05, 3.63) is 28.8 Å². The van der Waals surface area contributed by atoms with E-state index in [1.165, 1.54) is 12.1 Å². The van der Waals surface area contributed by atoms with Gasteiger partial charge in [0.1, 0.15) is 0 Å². The Balaban J connectivity index is 3.09. The van der Waals surface area contributed by atoms with Crippen LogP contribution >= 0.6 is 11.6 Å². The Labute approximate surface area is 91.2 Å². The van der Waals surface area contributed by atoms with Crippen molar-refractivity contribution in [2.24, 2.45) is 0 Å². The van der Waals surface area contributed by atoms with Crippen LogP contribution in [-0.2, 0) is 6.18 Å². The van der Waals surface area contributed by atoms with Crippen LogP contribution in [0.15, 0.2) is 18.2 Å². The van der Waals surface area contributed by atoms with Crippen molar-refractivity contribution < 1.29 is 13.2 Å². The molecule has 0 radical (unpaired) electrons. The lowest BCUT2D eigenvalue weighted by Crippen LogP contribution is -2.11. The van der Waals surface area contributed by atoms with Gasteiger partial charge in [-0.05, 0) is 18.6 Å². The predicted octanol–water partition coefficient (Wildman–Crippen LogP) is 4.18. The highest BCUT2D eigenvalue weighted by Gasteiger charge is 2.34. The molecule has 0 spiro atoms. The maximum Gasteiger partial charge on any atom is 0.418 e. The Kier molecular flexibility index (Phi) is 3.85. The van der Waals surface area contributed by atoms with Gasteiger partial charge in [0.05, 0.1) is 16.3 Å². The second-order valence-electron chi connectivity index (χ2n) is 3.09. The molecule has 0 aliphatic heterocycles. The zero-order valence-corrected chi connectivity index (χ0v) is 8.91. The standard InChI is InChI=1S/C10H11ClF3N/c1-2-6-15-9-7(10(12,13)14)4-3-5-8(9)11/h3-5,15H,2,6H2,1H3. The molecule has 0 bridgehead atoms. The zero-order chi connectivity index (χ0) is 11.5. The molecule has 15 heavy (non-hydrogen) atoms. The van der Waals surface area contributed by atoms with E-state index in [0.29, 0.717) is 6.54 Å². The van der Waals surface area contributed by atoms with E-state index >= 15 is 0 Å². The Morgan fingerprint density at radius 2 is 2.00 bits per heavy atom. The molecule has 1 N–H and O–H groups in total. The van der Waals surface area contributed by atoms with Gasteiger partial charge in [0.2, 0.25) is 0 Å². The largest absolute Gasteiger partial charge is 0.418 e. The van der Waals surface area contributed by atoms with Crippen molar-refractivity contribution >= 4 is 17.3 Å². The molecule has 0 amide bonds. The molecular weight excluding hydrogens is 227 g/mol. The van der Waals surface area contributed by atoms with Gasteiger partial charge in [-0.25, -0.2) is 0 Å². The first-order valence-corrected chi connectivity index (χ1v) is 4.94. The lowest BCUT2D eigenvalue weighted by Gasteiger charge is -2.15. The van der Waals surface area contributed by atoms with E-state index in [2.05, 4.69) is 5.32 Å². The monoisotopic (exact) mass is 237 g/mol. The van der Waals surface area contributed by atoms with Crippen LogP contribution in [0.3, 0.4) is 0 Å². The van der Waals surface area contributed by atoms with Crippen molar-refractivity contribution in [2.45, 2.75) is 19.5 Å². The molecule has 0 aliphatic carbocycles. The second kappa shape index (κ2) is 4.75. The van der Waals surface area contributed by atoms with Crippen molar-refractivity contribution in [1.29, 1.82) is 0 Å². The fraction of sp³-hybridized carbons (Fsp3) is 0.400. The first-order valence-electron chi connectivity index (χ1n) is 4.56. The van der Waals surface area contributed by atoms with Gasteiger partial charge < -0.3 is 5.32 Å². The predicted molar refractivity (Wildman–Crippen MR) is 55.2 cm³/mol. The minimum atomic E-state index is -4.37. The van der Waals surface area contributed by atoms with E-state index in [1.54, 1.807) is 0 Å². The third-order valence-electron chi connectivity index (χ3n) is 1.87. The Morgan fingerprint density at radius 1 is 1.33 bits per heavy atom.